The molecule has 4 nitrogen and oxygen atoms in total. The van der Waals surface area contributed by atoms with Gasteiger partial charge in [-0.3, -0.25) is 5.41 Å². The Morgan fingerprint density at radius 1 is 1.28 bits per heavy atom. The Bertz CT molecular complexity index is 349. The average molecular weight is 249 g/mol. The van der Waals surface area contributed by atoms with E-state index in [2.05, 4.69) is 12.2 Å². The van der Waals surface area contributed by atoms with Crippen molar-refractivity contribution in [2.45, 2.75) is 26.2 Å². The summed E-state index contributed by atoms with van der Waals surface area (Å²) in [7, 11) is 0. The van der Waals surface area contributed by atoms with Gasteiger partial charge in [0.2, 0.25) is 0 Å². The summed E-state index contributed by atoms with van der Waals surface area (Å²) in [5.41, 5.74) is 6.27. The highest BCUT2D eigenvalue weighted by Gasteiger charge is 2.00. The van der Waals surface area contributed by atoms with Crippen LogP contribution in [0.15, 0.2) is 24.3 Å². The number of benzene rings is 1. The maximum atomic E-state index is 7.85. The topological polar surface area (TPSA) is 71.1 Å². The molecule has 1 aromatic rings. The Labute approximate surface area is 109 Å². The number of unbranched alkanes of at least 4 members (excludes halogenated alkanes) is 1. The lowest BCUT2D eigenvalue weighted by atomic mass is 10.2. The molecule has 18 heavy (non-hydrogen) atoms. The number of ether oxygens (including phenoxy) is 1. The van der Waals surface area contributed by atoms with E-state index in [1.165, 1.54) is 0 Å². The van der Waals surface area contributed by atoms with Crippen LogP contribution in [0.5, 0.6) is 5.75 Å². The summed E-state index contributed by atoms with van der Waals surface area (Å²) in [4.78, 5) is 0. The van der Waals surface area contributed by atoms with Crippen molar-refractivity contribution in [2.24, 2.45) is 5.73 Å². The molecule has 0 fully saturated rings. The first kappa shape index (κ1) is 14.5. The quantitative estimate of drug-likeness (QED) is 0.375. The molecule has 1 aromatic carbocycles. The van der Waals surface area contributed by atoms with Gasteiger partial charge in [0.05, 0.1) is 6.61 Å². The van der Waals surface area contributed by atoms with Crippen LogP contribution in [-0.2, 0) is 0 Å². The first-order valence-electron chi connectivity index (χ1n) is 6.53. The Morgan fingerprint density at radius 3 is 2.61 bits per heavy atom. The first-order chi connectivity index (χ1) is 8.77. The van der Waals surface area contributed by atoms with E-state index in [0.717, 1.165) is 43.7 Å². The van der Waals surface area contributed by atoms with Crippen LogP contribution in [0.1, 0.15) is 31.7 Å². The van der Waals surface area contributed by atoms with Gasteiger partial charge in [0.25, 0.3) is 0 Å². The number of nitrogens with two attached hydrogens (primary N) is 1. The third kappa shape index (κ3) is 5.19. The minimum atomic E-state index is 0.434. The highest BCUT2D eigenvalue weighted by atomic mass is 16.5. The van der Waals surface area contributed by atoms with Gasteiger partial charge in [0.1, 0.15) is 11.6 Å². The molecule has 0 spiro atoms. The highest BCUT2D eigenvalue weighted by molar-refractivity contribution is 5.96. The predicted molar refractivity (Wildman–Crippen MR) is 75.3 cm³/mol. The molecular formula is C14H23N3O. The molecule has 4 N–H and O–H groups in total. The van der Waals surface area contributed by atoms with Crippen LogP contribution in [0.4, 0.5) is 0 Å². The minimum absolute atomic E-state index is 0.434. The van der Waals surface area contributed by atoms with Crippen LogP contribution in [0.3, 0.4) is 0 Å². The smallest absolute Gasteiger partial charge is 0.125 e. The van der Waals surface area contributed by atoms with Gasteiger partial charge >= 0.3 is 0 Å². The molecule has 0 saturated carbocycles. The molecule has 100 valence electrons. The molecule has 0 unspecified atom stereocenters. The normalized spacial score (nSPS) is 10.1. The van der Waals surface area contributed by atoms with E-state index in [4.69, 9.17) is 15.9 Å². The van der Waals surface area contributed by atoms with E-state index >= 15 is 0 Å². The maximum absolute atomic E-state index is 7.85. The first-order valence-corrected chi connectivity index (χ1v) is 6.53. The molecule has 0 aliphatic carbocycles. The van der Waals surface area contributed by atoms with Crippen molar-refractivity contribution in [3.05, 3.63) is 29.8 Å². The van der Waals surface area contributed by atoms with Gasteiger partial charge in [0, 0.05) is 12.1 Å². The summed E-state index contributed by atoms with van der Waals surface area (Å²) < 4.78 is 5.57. The summed E-state index contributed by atoms with van der Waals surface area (Å²) >= 11 is 0. The zero-order valence-electron chi connectivity index (χ0n) is 11.0. The van der Waals surface area contributed by atoms with Crippen molar-refractivity contribution in [1.29, 1.82) is 5.41 Å². The number of amidine groups is 1. The number of rotatable bonds is 8. The number of hydrogen-bond acceptors (Lipinski definition) is 3. The van der Waals surface area contributed by atoms with E-state index in [0.29, 0.717) is 12.4 Å². The standard InChI is InChI=1S/C14H23N3O/c1-2-3-11-18-13-7-5-12(6-8-13)14(16)17-10-4-9-15/h5-8H,2-4,9-11,15H2,1H3,(H2,16,17). The second kappa shape index (κ2) is 8.53. The predicted octanol–water partition coefficient (Wildman–Crippen LogP) is 2.13. The van der Waals surface area contributed by atoms with Crippen LogP contribution in [0, 0.1) is 5.41 Å². The summed E-state index contributed by atoms with van der Waals surface area (Å²) in [5, 5.41) is 10.9. The lowest BCUT2D eigenvalue weighted by molar-refractivity contribution is 0.309. The molecule has 0 bridgehead atoms. The molecule has 0 saturated heterocycles. The van der Waals surface area contributed by atoms with E-state index < -0.39 is 0 Å². The van der Waals surface area contributed by atoms with Gasteiger partial charge in [-0.15, -0.1) is 0 Å². The Hall–Kier alpha value is -1.55. The van der Waals surface area contributed by atoms with Gasteiger partial charge in [-0.1, -0.05) is 13.3 Å². The highest BCUT2D eigenvalue weighted by Crippen LogP contribution is 2.12. The molecular weight excluding hydrogens is 226 g/mol. The van der Waals surface area contributed by atoms with Crippen molar-refractivity contribution >= 4 is 5.84 Å². The van der Waals surface area contributed by atoms with Crippen LogP contribution < -0.4 is 15.8 Å². The fourth-order valence-corrected chi connectivity index (χ4v) is 1.47. The Kier molecular flexibility index (Phi) is 6.87. The molecule has 0 atom stereocenters. The van der Waals surface area contributed by atoms with Gasteiger partial charge in [0.15, 0.2) is 0 Å². The third-order valence-electron chi connectivity index (χ3n) is 2.59. The summed E-state index contributed by atoms with van der Waals surface area (Å²) in [6.07, 6.45) is 3.08. The van der Waals surface area contributed by atoms with Crippen molar-refractivity contribution in [3.8, 4) is 5.75 Å². The van der Waals surface area contributed by atoms with E-state index in [1.54, 1.807) is 0 Å². The lowest BCUT2D eigenvalue weighted by Gasteiger charge is -2.09. The largest absolute Gasteiger partial charge is 0.494 e. The SMILES string of the molecule is CCCCOc1ccc(C(=N)NCCCN)cc1. The second-order valence-corrected chi connectivity index (χ2v) is 4.17. The lowest BCUT2D eigenvalue weighted by Crippen LogP contribution is -2.25. The second-order valence-electron chi connectivity index (χ2n) is 4.17. The van der Waals surface area contributed by atoms with Crippen LogP contribution in [0.25, 0.3) is 0 Å². The Morgan fingerprint density at radius 2 is 2.00 bits per heavy atom. The molecule has 0 heterocycles. The Balaban J connectivity index is 2.41. The van der Waals surface area contributed by atoms with E-state index in [-0.39, 0.29) is 0 Å². The summed E-state index contributed by atoms with van der Waals surface area (Å²) in [6, 6.07) is 7.62. The summed E-state index contributed by atoms with van der Waals surface area (Å²) in [5.74, 6) is 1.30. The van der Waals surface area contributed by atoms with E-state index in [1.807, 2.05) is 24.3 Å². The van der Waals surface area contributed by atoms with Crippen molar-refractivity contribution in [3.63, 3.8) is 0 Å². The molecule has 1 rings (SSSR count). The maximum Gasteiger partial charge on any atom is 0.125 e. The molecule has 0 aliphatic heterocycles. The van der Waals surface area contributed by atoms with Crippen LogP contribution in [-0.4, -0.2) is 25.5 Å². The average Bonchev–Trinajstić information content (AvgIpc) is 2.40. The zero-order valence-corrected chi connectivity index (χ0v) is 11.0. The third-order valence-corrected chi connectivity index (χ3v) is 2.59. The fraction of sp³-hybridized carbons (Fsp3) is 0.500. The van der Waals surface area contributed by atoms with Gasteiger partial charge in [-0.25, -0.2) is 0 Å². The molecule has 4 heteroatoms. The number of hydrogen-bond donors (Lipinski definition) is 3. The van der Waals surface area contributed by atoms with E-state index in [9.17, 15) is 0 Å². The zero-order chi connectivity index (χ0) is 13.2. The minimum Gasteiger partial charge on any atom is -0.494 e. The van der Waals surface area contributed by atoms with Gasteiger partial charge in [-0.2, -0.15) is 0 Å². The number of nitrogens with one attached hydrogen (secondary N) is 2. The molecule has 0 aliphatic rings. The monoisotopic (exact) mass is 249 g/mol. The summed E-state index contributed by atoms with van der Waals surface area (Å²) in [6.45, 7) is 4.28. The van der Waals surface area contributed by atoms with Crippen LogP contribution in [0.2, 0.25) is 0 Å². The fourth-order valence-electron chi connectivity index (χ4n) is 1.47. The van der Waals surface area contributed by atoms with Crippen molar-refractivity contribution in [1.82, 2.24) is 5.32 Å². The van der Waals surface area contributed by atoms with Crippen LogP contribution >= 0.6 is 0 Å². The van der Waals surface area contributed by atoms with Crippen molar-refractivity contribution < 1.29 is 4.74 Å². The molecule has 0 radical (unpaired) electrons. The van der Waals surface area contributed by atoms with Crippen molar-refractivity contribution in [2.75, 3.05) is 19.7 Å². The van der Waals surface area contributed by atoms with Gasteiger partial charge in [-0.05, 0) is 43.7 Å². The molecule has 0 aromatic heterocycles. The molecule has 0 amide bonds. The van der Waals surface area contributed by atoms with Gasteiger partial charge < -0.3 is 15.8 Å².